The summed E-state index contributed by atoms with van der Waals surface area (Å²) in [6.07, 6.45) is 3.10. The maximum absolute atomic E-state index is 12.5. The summed E-state index contributed by atoms with van der Waals surface area (Å²) in [5.74, 6) is 0.571. The lowest BCUT2D eigenvalue weighted by Crippen LogP contribution is -2.36. The Morgan fingerprint density at radius 2 is 1.95 bits per heavy atom. The number of nitrogens with zero attached hydrogens (tertiary/aromatic N) is 1. The van der Waals surface area contributed by atoms with Crippen molar-refractivity contribution in [3.05, 3.63) is 33.8 Å². The van der Waals surface area contributed by atoms with Crippen molar-refractivity contribution in [3.63, 3.8) is 0 Å². The van der Waals surface area contributed by atoms with Gasteiger partial charge in [-0.1, -0.05) is 29.6 Å². The Balaban J connectivity index is 2.03. The van der Waals surface area contributed by atoms with Crippen LogP contribution in [0, 0.1) is 11.8 Å². The fraction of sp³-hybridized carbons (Fsp3) is 0.533. The first-order valence-corrected chi connectivity index (χ1v) is 7.67. The van der Waals surface area contributed by atoms with Crippen LogP contribution in [-0.4, -0.2) is 24.4 Å². The summed E-state index contributed by atoms with van der Waals surface area (Å²) in [5.41, 5.74) is 6.69. The molecular weight excluding hydrogens is 295 g/mol. The molecule has 0 aromatic heterocycles. The molecule has 2 rings (SSSR count). The molecule has 5 heteroatoms. The first-order chi connectivity index (χ1) is 9.51. The van der Waals surface area contributed by atoms with Crippen LogP contribution in [0.25, 0.3) is 0 Å². The van der Waals surface area contributed by atoms with E-state index in [0.717, 1.165) is 24.8 Å². The van der Waals surface area contributed by atoms with Crippen molar-refractivity contribution in [2.24, 2.45) is 17.6 Å². The monoisotopic (exact) mass is 314 g/mol. The predicted octanol–water partition coefficient (Wildman–Crippen LogP) is 3.33. The largest absolute Gasteiger partial charge is 0.341 e. The summed E-state index contributed by atoms with van der Waals surface area (Å²) >= 11 is 12.0. The summed E-state index contributed by atoms with van der Waals surface area (Å²) in [4.78, 5) is 14.2. The molecule has 1 aromatic rings. The van der Waals surface area contributed by atoms with Crippen molar-refractivity contribution in [2.75, 3.05) is 13.6 Å². The van der Waals surface area contributed by atoms with Gasteiger partial charge >= 0.3 is 0 Å². The number of benzene rings is 1. The van der Waals surface area contributed by atoms with Gasteiger partial charge in [0.15, 0.2) is 0 Å². The first kappa shape index (κ1) is 15.6. The van der Waals surface area contributed by atoms with Crippen LogP contribution in [0.3, 0.4) is 0 Å². The molecule has 0 radical (unpaired) electrons. The van der Waals surface area contributed by atoms with E-state index in [1.165, 1.54) is 0 Å². The number of halogens is 2. The lowest BCUT2D eigenvalue weighted by atomic mass is 9.95. The third-order valence-corrected chi connectivity index (χ3v) is 4.43. The summed E-state index contributed by atoms with van der Waals surface area (Å²) in [6, 6.07) is 5.37. The van der Waals surface area contributed by atoms with E-state index in [0.29, 0.717) is 29.1 Å². The second-order valence-corrected chi connectivity index (χ2v) is 6.38. The van der Waals surface area contributed by atoms with E-state index in [1.807, 2.05) is 19.2 Å². The van der Waals surface area contributed by atoms with Crippen molar-refractivity contribution in [1.29, 1.82) is 0 Å². The zero-order valence-corrected chi connectivity index (χ0v) is 13.1. The van der Waals surface area contributed by atoms with E-state index in [-0.39, 0.29) is 11.8 Å². The van der Waals surface area contributed by atoms with Gasteiger partial charge in [0.2, 0.25) is 5.91 Å². The first-order valence-electron chi connectivity index (χ1n) is 6.91. The molecule has 1 aliphatic carbocycles. The Morgan fingerprint density at radius 1 is 1.30 bits per heavy atom. The van der Waals surface area contributed by atoms with Gasteiger partial charge in [-0.3, -0.25) is 4.79 Å². The van der Waals surface area contributed by atoms with Gasteiger partial charge in [-0.05, 0) is 49.1 Å². The Labute approximate surface area is 130 Å². The second kappa shape index (κ2) is 6.79. The van der Waals surface area contributed by atoms with Gasteiger partial charge in [-0.2, -0.15) is 0 Å². The molecule has 0 bridgehead atoms. The lowest BCUT2D eigenvalue weighted by molar-refractivity contribution is -0.135. The van der Waals surface area contributed by atoms with Gasteiger partial charge in [-0.15, -0.1) is 0 Å². The molecule has 0 unspecified atom stereocenters. The van der Waals surface area contributed by atoms with E-state index in [1.54, 1.807) is 11.0 Å². The molecule has 0 heterocycles. The molecule has 1 aliphatic rings. The fourth-order valence-corrected chi connectivity index (χ4v) is 3.55. The van der Waals surface area contributed by atoms with Gasteiger partial charge < -0.3 is 10.6 Å². The Hall–Kier alpha value is -0.770. The zero-order valence-electron chi connectivity index (χ0n) is 11.6. The van der Waals surface area contributed by atoms with Gasteiger partial charge in [0.1, 0.15) is 0 Å². The predicted molar refractivity (Wildman–Crippen MR) is 82.8 cm³/mol. The molecule has 0 aliphatic heterocycles. The van der Waals surface area contributed by atoms with Crippen LogP contribution in [0.5, 0.6) is 0 Å². The highest BCUT2D eigenvalue weighted by atomic mass is 35.5. The third kappa shape index (κ3) is 3.66. The molecule has 2 atom stereocenters. The van der Waals surface area contributed by atoms with E-state index in [2.05, 4.69) is 0 Å². The minimum Gasteiger partial charge on any atom is -0.341 e. The van der Waals surface area contributed by atoms with Gasteiger partial charge in [0.25, 0.3) is 0 Å². The van der Waals surface area contributed by atoms with E-state index >= 15 is 0 Å². The highest BCUT2D eigenvalue weighted by molar-refractivity contribution is 6.34. The van der Waals surface area contributed by atoms with Gasteiger partial charge in [-0.25, -0.2) is 0 Å². The number of rotatable bonds is 4. The third-order valence-electron chi connectivity index (χ3n) is 4.00. The molecule has 1 amide bonds. The molecule has 0 spiro atoms. The number of carbonyl (C=O) groups is 1. The topological polar surface area (TPSA) is 46.3 Å². The number of hydrogen-bond donors (Lipinski definition) is 1. The van der Waals surface area contributed by atoms with Crippen LogP contribution in [0.1, 0.15) is 24.8 Å². The normalized spacial score (nSPS) is 22.0. The molecule has 1 fully saturated rings. The van der Waals surface area contributed by atoms with Gasteiger partial charge in [0.05, 0.1) is 0 Å². The molecule has 20 heavy (non-hydrogen) atoms. The number of hydrogen-bond acceptors (Lipinski definition) is 2. The molecule has 3 nitrogen and oxygen atoms in total. The van der Waals surface area contributed by atoms with Crippen LogP contribution in [0.15, 0.2) is 18.2 Å². The van der Waals surface area contributed by atoms with Crippen molar-refractivity contribution >= 4 is 29.1 Å². The number of carbonyl (C=O) groups excluding carboxylic acids is 1. The molecule has 1 saturated carbocycles. The Bertz CT molecular complexity index is 473. The Morgan fingerprint density at radius 3 is 2.55 bits per heavy atom. The molecular formula is C15H20Cl2N2O. The smallest absolute Gasteiger partial charge is 0.226 e. The summed E-state index contributed by atoms with van der Waals surface area (Å²) in [7, 11) is 1.82. The van der Waals surface area contributed by atoms with Crippen LogP contribution >= 0.6 is 23.2 Å². The maximum atomic E-state index is 12.5. The lowest BCUT2D eigenvalue weighted by Gasteiger charge is -2.24. The highest BCUT2D eigenvalue weighted by Gasteiger charge is 2.33. The Kier molecular flexibility index (Phi) is 5.30. The number of amides is 1. The molecule has 0 saturated heterocycles. The molecule has 2 N–H and O–H groups in total. The van der Waals surface area contributed by atoms with E-state index in [9.17, 15) is 4.79 Å². The van der Waals surface area contributed by atoms with Crippen molar-refractivity contribution in [3.8, 4) is 0 Å². The summed E-state index contributed by atoms with van der Waals surface area (Å²) in [5, 5.41) is 1.18. The van der Waals surface area contributed by atoms with Crippen LogP contribution in [0.4, 0.5) is 0 Å². The van der Waals surface area contributed by atoms with Gasteiger partial charge in [0, 0.05) is 29.6 Å². The molecule has 110 valence electrons. The standard InChI is InChI=1S/C15H20Cl2N2O/c1-19(9-10-5-12(16)7-13(17)6-10)15(20)14-4-2-3-11(14)8-18/h5-7,11,14H,2-4,8-9,18H2,1H3/t11-,14-/m1/s1. The van der Waals surface area contributed by atoms with Crippen LogP contribution in [-0.2, 0) is 11.3 Å². The quantitative estimate of drug-likeness (QED) is 0.926. The fourth-order valence-electron chi connectivity index (χ4n) is 2.98. The number of nitrogens with two attached hydrogens (primary N) is 1. The van der Waals surface area contributed by atoms with Crippen LogP contribution in [0.2, 0.25) is 10.0 Å². The van der Waals surface area contributed by atoms with Crippen LogP contribution < -0.4 is 5.73 Å². The SMILES string of the molecule is CN(Cc1cc(Cl)cc(Cl)c1)C(=O)[C@@H]1CCC[C@@H]1CN. The average molecular weight is 315 g/mol. The van der Waals surface area contributed by atoms with E-state index < -0.39 is 0 Å². The molecule has 1 aromatic carbocycles. The minimum atomic E-state index is 0.0691. The minimum absolute atomic E-state index is 0.0691. The van der Waals surface area contributed by atoms with Crippen molar-refractivity contribution in [1.82, 2.24) is 4.90 Å². The summed E-state index contributed by atoms with van der Waals surface area (Å²) in [6.45, 7) is 1.11. The average Bonchev–Trinajstić information content (AvgIpc) is 2.84. The van der Waals surface area contributed by atoms with Crippen molar-refractivity contribution in [2.45, 2.75) is 25.8 Å². The zero-order chi connectivity index (χ0) is 14.7. The highest BCUT2D eigenvalue weighted by Crippen LogP contribution is 2.32. The maximum Gasteiger partial charge on any atom is 0.226 e. The summed E-state index contributed by atoms with van der Waals surface area (Å²) < 4.78 is 0. The second-order valence-electron chi connectivity index (χ2n) is 5.51. The van der Waals surface area contributed by atoms with E-state index in [4.69, 9.17) is 28.9 Å². The van der Waals surface area contributed by atoms with Crippen molar-refractivity contribution < 1.29 is 4.79 Å².